The molecule has 2 atom stereocenters. The molecule has 1 aliphatic heterocycles. The Morgan fingerprint density at radius 3 is 2.18 bits per heavy atom. The van der Waals surface area contributed by atoms with Crippen LogP contribution in [-0.2, 0) is 0 Å². The summed E-state index contributed by atoms with van der Waals surface area (Å²) in [6.45, 7) is 7.20. The van der Waals surface area contributed by atoms with Crippen molar-refractivity contribution >= 4 is 0 Å². The van der Waals surface area contributed by atoms with Crippen LogP contribution >= 0.6 is 0 Å². The first-order valence-electron chi connectivity index (χ1n) is 8.03. The molecule has 17 heavy (non-hydrogen) atoms. The minimum Gasteiger partial charge on any atom is -0.316 e. The molecule has 0 bridgehead atoms. The molecule has 0 spiro atoms. The molecule has 1 aliphatic rings. The van der Waals surface area contributed by atoms with Crippen molar-refractivity contribution in [3.05, 3.63) is 0 Å². The molecule has 2 unspecified atom stereocenters. The molecule has 1 heterocycles. The highest BCUT2D eigenvalue weighted by molar-refractivity contribution is 4.73. The van der Waals surface area contributed by atoms with E-state index in [-0.39, 0.29) is 0 Å². The van der Waals surface area contributed by atoms with Gasteiger partial charge in [-0.15, -0.1) is 0 Å². The van der Waals surface area contributed by atoms with Crippen LogP contribution in [0, 0.1) is 11.8 Å². The molecular weight excluding hydrogens is 206 g/mol. The summed E-state index contributed by atoms with van der Waals surface area (Å²) in [7, 11) is 0. The normalized spacial score (nSPS) is 25.1. The Kier molecular flexibility index (Phi) is 8.78. The fourth-order valence-electron chi connectivity index (χ4n) is 3.06. The summed E-state index contributed by atoms with van der Waals surface area (Å²) in [4.78, 5) is 0. The van der Waals surface area contributed by atoms with Crippen molar-refractivity contribution in [3.63, 3.8) is 0 Å². The molecule has 102 valence electrons. The van der Waals surface area contributed by atoms with Crippen molar-refractivity contribution in [2.45, 2.75) is 78.1 Å². The molecule has 1 saturated heterocycles. The number of piperidine rings is 1. The summed E-state index contributed by atoms with van der Waals surface area (Å²) in [6.07, 6.45) is 14.5. The van der Waals surface area contributed by atoms with Crippen LogP contribution in [0.3, 0.4) is 0 Å². The summed E-state index contributed by atoms with van der Waals surface area (Å²) < 4.78 is 0. The van der Waals surface area contributed by atoms with Crippen LogP contribution in [0.15, 0.2) is 0 Å². The van der Waals surface area contributed by atoms with E-state index in [2.05, 4.69) is 19.2 Å². The smallest absolute Gasteiger partial charge is 0.00203 e. The third kappa shape index (κ3) is 7.81. The molecule has 1 rings (SSSR count). The predicted molar refractivity (Wildman–Crippen MR) is 77.4 cm³/mol. The first-order valence-corrected chi connectivity index (χ1v) is 8.03. The fraction of sp³-hybridized carbons (Fsp3) is 1.00. The number of rotatable bonds is 9. The summed E-state index contributed by atoms with van der Waals surface area (Å²) in [5.41, 5.74) is 0. The Morgan fingerprint density at radius 2 is 1.53 bits per heavy atom. The molecule has 0 saturated carbocycles. The van der Waals surface area contributed by atoms with E-state index in [1.54, 1.807) is 0 Å². The van der Waals surface area contributed by atoms with Crippen molar-refractivity contribution in [1.82, 2.24) is 5.32 Å². The molecule has 1 nitrogen and oxygen atoms in total. The van der Waals surface area contributed by atoms with E-state index in [1.807, 2.05) is 0 Å². The Labute approximate surface area is 109 Å². The average molecular weight is 239 g/mol. The summed E-state index contributed by atoms with van der Waals surface area (Å²) in [6, 6.07) is 0. The fourth-order valence-corrected chi connectivity index (χ4v) is 3.06. The molecular formula is C16H33N. The van der Waals surface area contributed by atoms with Crippen molar-refractivity contribution in [1.29, 1.82) is 0 Å². The molecule has 0 aromatic heterocycles. The minimum atomic E-state index is 0.905. The SMILES string of the molecule is CCCCCCCCCCC1CNCC(C)C1. The molecule has 0 aromatic rings. The molecule has 1 heteroatoms. The zero-order valence-corrected chi connectivity index (χ0v) is 12.1. The topological polar surface area (TPSA) is 12.0 Å². The second-order valence-corrected chi connectivity index (χ2v) is 6.13. The molecule has 0 amide bonds. The maximum atomic E-state index is 3.56. The standard InChI is InChI=1S/C16H33N/c1-3-4-5-6-7-8-9-10-11-16-12-15(2)13-17-14-16/h15-17H,3-14H2,1-2H3. The Balaban J connectivity index is 1.83. The first kappa shape index (κ1) is 15.0. The van der Waals surface area contributed by atoms with Gasteiger partial charge in [0.1, 0.15) is 0 Å². The average Bonchev–Trinajstić information content (AvgIpc) is 2.33. The lowest BCUT2D eigenvalue weighted by atomic mass is 9.88. The highest BCUT2D eigenvalue weighted by Crippen LogP contribution is 2.21. The summed E-state index contributed by atoms with van der Waals surface area (Å²) in [5, 5.41) is 3.56. The Morgan fingerprint density at radius 1 is 0.882 bits per heavy atom. The zero-order chi connectivity index (χ0) is 12.3. The third-order valence-corrected chi connectivity index (χ3v) is 4.13. The van der Waals surface area contributed by atoms with Crippen molar-refractivity contribution in [2.24, 2.45) is 11.8 Å². The highest BCUT2D eigenvalue weighted by atomic mass is 14.9. The number of hydrogen-bond donors (Lipinski definition) is 1. The molecule has 0 aromatic carbocycles. The lowest BCUT2D eigenvalue weighted by molar-refractivity contribution is 0.282. The van der Waals surface area contributed by atoms with Crippen molar-refractivity contribution in [2.75, 3.05) is 13.1 Å². The Hall–Kier alpha value is -0.0400. The van der Waals surface area contributed by atoms with Gasteiger partial charge >= 0.3 is 0 Å². The number of hydrogen-bond acceptors (Lipinski definition) is 1. The first-order chi connectivity index (χ1) is 8.33. The maximum absolute atomic E-state index is 3.56. The molecule has 1 fully saturated rings. The van der Waals surface area contributed by atoms with E-state index in [0.29, 0.717) is 0 Å². The molecule has 1 N–H and O–H groups in total. The van der Waals surface area contributed by atoms with Crippen LogP contribution in [0.2, 0.25) is 0 Å². The predicted octanol–water partition coefficient (Wildman–Crippen LogP) is 4.76. The van der Waals surface area contributed by atoms with Gasteiger partial charge < -0.3 is 5.32 Å². The van der Waals surface area contributed by atoms with Crippen LogP contribution in [0.1, 0.15) is 78.1 Å². The van der Waals surface area contributed by atoms with E-state index in [1.165, 1.54) is 77.3 Å². The van der Waals surface area contributed by atoms with Crippen LogP contribution < -0.4 is 5.32 Å². The minimum absolute atomic E-state index is 0.905. The van der Waals surface area contributed by atoms with Crippen LogP contribution in [0.25, 0.3) is 0 Å². The highest BCUT2D eigenvalue weighted by Gasteiger charge is 2.17. The van der Waals surface area contributed by atoms with E-state index < -0.39 is 0 Å². The Bertz CT molecular complexity index is 167. The van der Waals surface area contributed by atoms with Gasteiger partial charge in [0.2, 0.25) is 0 Å². The van der Waals surface area contributed by atoms with Gasteiger partial charge in [-0.2, -0.15) is 0 Å². The molecule has 0 aliphatic carbocycles. The summed E-state index contributed by atoms with van der Waals surface area (Å²) >= 11 is 0. The third-order valence-electron chi connectivity index (χ3n) is 4.13. The van der Waals surface area contributed by atoms with Crippen molar-refractivity contribution in [3.8, 4) is 0 Å². The monoisotopic (exact) mass is 239 g/mol. The van der Waals surface area contributed by atoms with E-state index in [9.17, 15) is 0 Å². The zero-order valence-electron chi connectivity index (χ0n) is 12.1. The maximum Gasteiger partial charge on any atom is -0.00203 e. The van der Waals surface area contributed by atoms with Gasteiger partial charge in [0.25, 0.3) is 0 Å². The van der Waals surface area contributed by atoms with Crippen LogP contribution in [0.5, 0.6) is 0 Å². The summed E-state index contributed by atoms with van der Waals surface area (Å²) in [5.74, 6) is 1.88. The van der Waals surface area contributed by atoms with Gasteiger partial charge in [-0.25, -0.2) is 0 Å². The van der Waals surface area contributed by atoms with Gasteiger partial charge in [0.15, 0.2) is 0 Å². The van der Waals surface area contributed by atoms with Gasteiger partial charge in [0.05, 0.1) is 0 Å². The number of nitrogens with one attached hydrogen (secondary N) is 1. The van der Waals surface area contributed by atoms with Crippen LogP contribution in [-0.4, -0.2) is 13.1 Å². The van der Waals surface area contributed by atoms with E-state index in [0.717, 1.165) is 11.8 Å². The second-order valence-electron chi connectivity index (χ2n) is 6.13. The van der Waals surface area contributed by atoms with Gasteiger partial charge in [-0.05, 0) is 37.8 Å². The quantitative estimate of drug-likeness (QED) is 0.572. The number of unbranched alkanes of at least 4 members (excludes halogenated alkanes) is 7. The van der Waals surface area contributed by atoms with Crippen LogP contribution in [0.4, 0.5) is 0 Å². The lowest BCUT2D eigenvalue weighted by Crippen LogP contribution is -2.34. The van der Waals surface area contributed by atoms with Crippen molar-refractivity contribution < 1.29 is 0 Å². The van der Waals surface area contributed by atoms with E-state index >= 15 is 0 Å². The van der Waals surface area contributed by atoms with Gasteiger partial charge in [0, 0.05) is 0 Å². The molecule has 0 radical (unpaired) electrons. The lowest BCUT2D eigenvalue weighted by Gasteiger charge is -2.27. The van der Waals surface area contributed by atoms with Gasteiger partial charge in [-0.3, -0.25) is 0 Å². The second kappa shape index (κ2) is 9.94. The van der Waals surface area contributed by atoms with Gasteiger partial charge in [-0.1, -0.05) is 65.2 Å². The van der Waals surface area contributed by atoms with E-state index in [4.69, 9.17) is 0 Å². The largest absolute Gasteiger partial charge is 0.316 e.